The highest BCUT2D eigenvalue weighted by Crippen LogP contribution is 2.34. The van der Waals surface area contributed by atoms with Crippen LogP contribution in [-0.4, -0.2) is 35.1 Å². The predicted octanol–water partition coefficient (Wildman–Crippen LogP) is -0.472. The van der Waals surface area contributed by atoms with Crippen LogP contribution in [0.4, 0.5) is 0 Å². The van der Waals surface area contributed by atoms with Crippen molar-refractivity contribution in [1.29, 1.82) is 0 Å². The van der Waals surface area contributed by atoms with E-state index in [2.05, 4.69) is 10.4 Å². The molecule has 1 aromatic heterocycles. The van der Waals surface area contributed by atoms with Crippen LogP contribution in [0.5, 0.6) is 5.88 Å². The molecule has 1 saturated heterocycles. The lowest BCUT2D eigenvalue weighted by Gasteiger charge is -2.37. The van der Waals surface area contributed by atoms with E-state index in [4.69, 9.17) is 4.74 Å². The van der Waals surface area contributed by atoms with Crippen molar-refractivity contribution in [3.63, 3.8) is 0 Å². The number of aliphatic hydroxyl groups is 1. The van der Waals surface area contributed by atoms with Gasteiger partial charge in [0.25, 0.3) is 0 Å². The summed E-state index contributed by atoms with van der Waals surface area (Å²) in [5, 5.41) is 17.5. The van der Waals surface area contributed by atoms with E-state index in [0.29, 0.717) is 19.0 Å². The highest BCUT2D eigenvalue weighted by Gasteiger charge is 2.42. The Morgan fingerprint density at radius 1 is 1.57 bits per heavy atom. The van der Waals surface area contributed by atoms with Crippen molar-refractivity contribution in [2.75, 3.05) is 20.2 Å². The molecule has 1 aliphatic heterocycles. The van der Waals surface area contributed by atoms with Crippen molar-refractivity contribution >= 4 is 0 Å². The van der Waals surface area contributed by atoms with E-state index in [0.717, 1.165) is 11.3 Å². The summed E-state index contributed by atoms with van der Waals surface area (Å²) in [6, 6.07) is 0. The van der Waals surface area contributed by atoms with Gasteiger partial charge in [-0.05, 0) is 6.92 Å². The summed E-state index contributed by atoms with van der Waals surface area (Å²) in [6.45, 7) is 3.01. The van der Waals surface area contributed by atoms with Crippen LogP contribution in [0.1, 0.15) is 11.3 Å². The van der Waals surface area contributed by atoms with Crippen LogP contribution in [0.3, 0.4) is 0 Å². The molecule has 5 nitrogen and oxygen atoms in total. The Hall–Kier alpha value is -1.07. The fourth-order valence-corrected chi connectivity index (χ4v) is 1.95. The molecule has 0 radical (unpaired) electrons. The second kappa shape index (κ2) is 2.96. The van der Waals surface area contributed by atoms with Gasteiger partial charge in [-0.25, -0.2) is 4.68 Å². The lowest BCUT2D eigenvalue weighted by atomic mass is 9.88. The number of hydrogen-bond donors (Lipinski definition) is 2. The molecular formula is C9H15N3O2. The van der Waals surface area contributed by atoms with Crippen LogP contribution in [0.15, 0.2) is 0 Å². The molecule has 14 heavy (non-hydrogen) atoms. The number of β-amino-alcohol motifs (C(OH)–C–C–N with tert-alkyl or cyclic N) is 1. The Morgan fingerprint density at radius 2 is 2.21 bits per heavy atom. The zero-order chi connectivity index (χ0) is 10.3. The minimum Gasteiger partial charge on any atom is -0.481 e. The Labute approximate surface area is 82.7 Å². The van der Waals surface area contributed by atoms with E-state index in [-0.39, 0.29) is 0 Å². The molecule has 2 heterocycles. The predicted molar refractivity (Wildman–Crippen MR) is 51.3 cm³/mol. The lowest BCUT2D eigenvalue weighted by Crippen LogP contribution is -2.57. The van der Waals surface area contributed by atoms with E-state index in [1.807, 2.05) is 14.0 Å². The highest BCUT2D eigenvalue weighted by molar-refractivity contribution is 5.39. The molecule has 1 fully saturated rings. The third-order valence-corrected chi connectivity index (χ3v) is 2.66. The first-order valence-electron chi connectivity index (χ1n) is 4.59. The van der Waals surface area contributed by atoms with Crippen LogP contribution >= 0.6 is 0 Å². The molecule has 0 spiro atoms. The minimum absolute atomic E-state index is 0.565. The lowest BCUT2D eigenvalue weighted by molar-refractivity contribution is -0.0171. The van der Waals surface area contributed by atoms with E-state index in [1.54, 1.807) is 11.8 Å². The standard InChI is InChI=1S/C9H15N3O2/c1-6-7(9(13)4-10-5-9)8(14-3)12(2)11-6/h10,13H,4-5H2,1-3H3. The number of hydrogen-bond acceptors (Lipinski definition) is 4. The maximum atomic E-state index is 10.2. The van der Waals surface area contributed by atoms with Crippen molar-refractivity contribution in [3.05, 3.63) is 11.3 Å². The third-order valence-electron chi connectivity index (χ3n) is 2.66. The second-order valence-electron chi connectivity index (χ2n) is 3.73. The average molecular weight is 197 g/mol. The van der Waals surface area contributed by atoms with Crippen molar-refractivity contribution < 1.29 is 9.84 Å². The summed E-state index contributed by atoms with van der Waals surface area (Å²) in [4.78, 5) is 0. The summed E-state index contributed by atoms with van der Waals surface area (Å²) < 4.78 is 6.89. The number of rotatable bonds is 2. The number of aromatic nitrogens is 2. The van der Waals surface area contributed by atoms with Gasteiger partial charge in [-0.3, -0.25) is 0 Å². The maximum Gasteiger partial charge on any atom is 0.217 e. The van der Waals surface area contributed by atoms with Crippen LogP contribution in [0.25, 0.3) is 0 Å². The molecule has 0 saturated carbocycles. The monoisotopic (exact) mass is 197 g/mol. The zero-order valence-electron chi connectivity index (χ0n) is 8.66. The molecular weight excluding hydrogens is 182 g/mol. The van der Waals surface area contributed by atoms with Gasteiger partial charge in [-0.1, -0.05) is 0 Å². The number of nitrogens with one attached hydrogen (secondary N) is 1. The van der Waals surface area contributed by atoms with Crippen molar-refractivity contribution in [3.8, 4) is 5.88 Å². The summed E-state index contributed by atoms with van der Waals surface area (Å²) in [5.41, 5.74) is 0.832. The van der Waals surface area contributed by atoms with E-state index >= 15 is 0 Å². The Balaban J connectivity index is 2.50. The molecule has 78 valence electrons. The first-order valence-corrected chi connectivity index (χ1v) is 4.59. The van der Waals surface area contributed by atoms with Gasteiger partial charge >= 0.3 is 0 Å². The first-order chi connectivity index (χ1) is 6.58. The van der Waals surface area contributed by atoms with Crippen LogP contribution in [-0.2, 0) is 12.6 Å². The Kier molecular flexibility index (Phi) is 2.01. The highest BCUT2D eigenvalue weighted by atomic mass is 16.5. The van der Waals surface area contributed by atoms with Gasteiger partial charge in [0.1, 0.15) is 5.60 Å². The number of nitrogens with zero attached hydrogens (tertiary/aromatic N) is 2. The molecule has 0 bridgehead atoms. The SMILES string of the molecule is COc1c(C2(O)CNC2)c(C)nn1C. The Bertz CT molecular complexity index is 355. The molecule has 0 aliphatic carbocycles. The quantitative estimate of drug-likeness (QED) is 0.673. The van der Waals surface area contributed by atoms with E-state index < -0.39 is 5.60 Å². The molecule has 2 N–H and O–H groups in total. The maximum absolute atomic E-state index is 10.2. The van der Waals surface area contributed by atoms with Gasteiger partial charge in [-0.15, -0.1) is 0 Å². The van der Waals surface area contributed by atoms with Crippen LogP contribution in [0, 0.1) is 6.92 Å². The van der Waals surface area contributed by atoms with Gasteiger partial charge in [0.05, 0.1) is 18.4 Å². The molecule has 1 aliphatic rings. The molecule has 0 unspecified atom stereocenters. The number of aryl methyl sites for hydroxylation is 2. The number of ether oxygens (including phenoxy) is 1. The fraction of sp³-hybridized carbons (Fsp3) is 0.667. The summed E-state index contributed by atoms with van der Waals surface area (Å²) in [7, 11) is 3.40. The van der Waals surface area contributed by atoms with Gasteiger partial charge in [0.2, 0.25) is 5.88 Å². The summed E-state index contributed by atoms with van der Waals surface area (Å²) in [6.07, 6.45) is 0. The van der Waals surface area contributed by atoms with E-state index in [1.165, 1.54) is 0 Å². The second-order valence-corrected chi connectivity index (χ2v) is 3.73. The molecule has 1 aromatic rings. The Morgan fingerprint density at radius 3 is 2.64 bits per heavy atom. The van der Waals surface area contributed by atoms with Crippen LogP contribution in [0.2, 0.25) is 0 Å². The molecule has 0 atom stereocenters. The molecule has 5 heteroatoms. The van der Waals surface area contributed by atoms with Crippen molar-refractivity contribution in [1.82, 2.24) is 15.1 Å². The smallest absolute Gasteiger partial charge is 0.217 e. The molecule has 2 rings (SSSR count). The minimum atomic E-state index is -0.802. The van der Waals surface area contributed by atoms with Crippen molar-refractivity contribution in [2.24, 2.45) is 7.05 Å². The van der Waals surface area contributed by atoms with Gasteiger partial charge in [0.15, 0.2) is 0 Å². The summed E-state index contributed by atoms with van der Waals surface area (Å²) in [5.74, 6) is 0.645. The van der Waals surface area contributed by atoms with Gasteiger partial charge in [0, 0.05) is 20.1 Å². The zero-order valence-corrected chi connectivity index (χ0v) is 8.66. The fourth-order valence-electron chi connectivity index (χ4n) is 1.95. The van der Waals surface area contributed by atoms with Gasteiger partial charge in [-0.2, -0.15) is 5.10 Å². The summed E-state index contributed by atoms with van der Waals surface area (Å²) >= 11 is 0. The first kappa shape index (κ1) is 9.48. The third kappa shape index (κ3) is 1.13. The average Bonchev–Trinajstić information content (AvgIpc) is 2.36. The molecule has 0 amide bonds. The number of methoxy groups -OCH3 is 1. The van der Waals surface area contributed by atoms with E-state index in [9.17, 15) is 5.11 Å². The topological polar surface area (TPSA) is 59.3 Å². The van der Waals surface area contributed by atoms with Crippen LogP contribution < -0.4 is 10.1 Å². The largest absolute Gasteiger partial charge is 0.481 e. The van der Waals surface area contributed by atoms with Gasteiger partial charge < -0.3 is 15.2 Å². The normalized spacial score (nSPS) is 19.1. The molecule has 0 aromatic carbocycles. The van der Waals surface area contributed by atoms with Crippen molar-refractivity contribution in [2.45, 2.75) is 12.5 Å².